The molecule has 0 aromatic carbocycles. The Morgan fingerprint density at radius 1 is 1.22 bits per heavy atom. The average Bonchev–Trinajstić information content (AvgIpc) is 1.69. The lowest BCUT2D eigenvalue weighted by Gasteiger charge is -1.94. The smallest absolute Gasteiger partial charge is 0.0697 e. The summed E-state index contributed by atoms with van der Waals surface area (Å²) >= 11 is 0. The zero-order valence-electron chi connectivity index (χ0n) is 5.68. The number of rotatable bonds is 4. The van der Waals surface area contributed by atoms with Crippen molar-refractivity contribution in [1.29, 1.82) is 0 Å². The monoisotopic (exact) mass is 140 g/mol. The fourth-order valence-electron chi connectivity index (χ4n) is 0.311. The van der Waals surface area contributed by atoms with Crippen LogP contribution in [0.2, 0.25) is 0 Å². The first-order chi connectivity index (χ1) is 3.41. The maximum absolute atomic E-state index is 8.17. The van der Waals surface area contributed by atoms with Crippen molar-refractivity contribution in [3.63, 3.8) is 0 Å². The van der Waals surface area contributed by atoms with E-state index in [4.69, 9.17) is 9.84 Å². The lowest BCUT2D eigenvalue weighted by Crippen LogP contribution is -1.98. The lowest BCUT2D eigenvalue weighted by molar-refractivity contribution is 0.0928. The van der Waals surface area contributed by atoms with Crippen LogP contribution in [0.15, 0.2) is 0 Å². The van der Waals surface area contributed by atoms with Crippen molar-refractivity contribution in [1.82, 2.24) is 0 Å². The van der Waals surface area contributed by atoms with E-state index in [1.165, 1.54) is 0 Å². The average molecular weight is 140 g/mol. The van der Waals surface area contributed by atoms with E-state index in [9.17, 15) is 0 Å². The van der Waals surface area contributed by atoms with Gasteiger partial charge in [-0.2, -0.15) is 0 Å². The third kappa shape index (κ3) is 18.1. The number of aliphatic hydroxyl groups excluding tert-OH is 1. The van der Waals surface area contributed by atoms with E-state index >= 15 is 0 Å². The Bertz CT molecular complexity index is 28.1. The van der Waals surface area contributed by atoms with Gasteiger partial charge in [-0.3, -0.25) is 0 Å². The van der Waals surface area contributed by atoms with Gasteiger partial charge >= 0.3 is 0 Å². The fraction of sp³-hybridized carbons (Fsp3) is 1.00. The minimum Gasteiger partial charge on any atom is -0.412 e. The van der Waals surface area contributed by atoms with Crippen molar-refractivity contribution < 1.29 is 20.8 Å². The van der Waals surface area contributed by atoms with Crippen molar-refractivity contribution in [2.24, 2.45) is 0 Å². The van der Waals surface area contributed by atoms with Gasteiger partial charge in [0, 0.05) is 6.61 Å². The zero-order valence-corrected chi connectivity index (χ0v) is 5.68. The summed E-state index contributed by atoms with van der Waals surface area (Å²) in [7, 11) is 0. The SMILES string of the molecule is CCCOCCO.O.O. The molecule has 4 nitrogen and oxygen atoms in total. The first kappa shape index (κ1) is 15.9. The molecule has 0 saturated heterocycles. The van der Waals surface area contributed by atoms with Gasteiger partial charge in [0.25, 0.3) is 0 Å². The second-order valence-electron chi connectivity index (χ2n) is 1.34. The molecule has 0 spiro atoms. The summed E-state index contributed by atoms with van der Waals surface area (Å²) in [5.74, 6) is 0. The predicted octanol–water partition coefficient (Wildman–Crippen LogP) is -1.24. The highest BCUT2D eigenvalue weighted by atomic mass is 16.5. The van der Waals surface area contributed by atoms with E-state index in [-0.39, 0.29) is 17.6 Å². The molecular formula is C5H16O4. The van der Waals surface area contributed by atoms with Gasteiger partial charge in [-0.25, -0.2) is 0 Å². The molecule has 5 N–H and O–H groups in total. The van der Waals surface area contributed by atoms with Crippen molar-refractivity contribution in [2.75, 3.05) is 19.8 Å². The van der Waals surface area contributed by atoms with E-state index in [0.29, 0.717) is 6.61 Å². The van der Waals surface area contributed by atoms with Crippen molar-refractivity contribution in [3.05, 3.63) is 0 Å². The summed E-state index contributed by atoms with van der Waals surface area (Å²) in [4.78, 5) is 0. The topological polar surface area (TPSA) is 92.5 Å². The van der Waals surface area contributed by atoms with Gasteiger partial charge in [0.2, 0.25) is 0 Å². The fourth-order valence-corrected chi connectivity index (χ4v) is 0.311. The second kappa shape index (κ2) is 15.7. The van der Waals surface area contributed by atoms with E-state index in [0.717, 1.165) is 13.0 Å². The maximum Gasteiger partial charge on any atom is 0.0697 e. The van der Waals surface area contributed by atoms with Gasteiger partial charge in [-0.05, 0) is 6.42 Å². The Labute approximate surface area is 55.1 Å². The number of hydrogen-bond acceptors (Lipinski definition) is 2. The summed E-state index contributed by atoms with van der Waals surface area (Å²) in [5.41, 5.74) is 0. The standard InChI is InChI=1S/C5H12O2.2H2O/c1-2-4-7-5-3-6;;/h6H,2-5H2,1H3;2*1H2. The molecule has 0 fully saturated rings. The van der Waals surface area contributed by atoms with Crippen LogP contribution in [0, 0.1) is 0 Å². The molecule has 0 unspecified atom stereocenters. The molecule has 0 radical (unpaired) electrons. The van der Waals surface area contributed by atoms with E-state index in [2.05, 4.69) is 0 Å². The predicted molar refractivity (Wildman–Crippen MR) is 35.4 cm³/mol. The van der Waals surface area contributed by atoms with Crippen molar-refractivity contribution in [2.45, 2.75) is 13.3 Å². The highest BCUT2D eigenvalue weighted by Crippen LogP contribution is 1.76. The summed E-state index contributed by atoms with van der Waals surface area (Å²) < 4.78 is 4.88. The van der Waals surface area contributed by atoms with Crippen molar-refractivity contribution in [3.8, 4) is 0 Å². The molecule has 0 saturated carbocycles. The zero-order chi connectivity index (χ0) is 5.54. The minimum atomic E-state index is 0. The Morgan fingerprint density at radius 3 is 2.11 bits per heavy atom. The molecule has 0 amide bonds. The van der Waals surface area contributed by atoms with Crippen LogP contribution in [0.25, 0.3) is 0 Å². The van der Waals surface area contributed by atoms with E-state index in [1.807, 2.05) is 6.92 Å². The molecule has 60 valence electrons. The van der Waals surface area contributed by atoms with Gasteiger partial charge in [-0.15, -0.1) is 0 Å². The Hall–Kier alpha value is -0.160. The Morgan fingerprint density at radius 2 is 1.78 bits per heavy atom. The molecule has 0 aliphatic heterocycles. The summed E-state index contributed by atoms with van der Waals surface area (Å²) in [5, 5.41) is 8.17. The largest absolute Gasteiger partial charge is 0.412 e. The quantitative estimate of drug-likeness (QED) is 0.494. The molecule has 0 rings (SSSR count). The first-order valence-electron chi connectivity index (χ1n) is 2.60. The maximum atomic E-state index is 8.17. The van der Waals surface area contributed by atoms with E-state index < -0.39 is 0 Å². The van der Waals surface area contributed by atoms with Gasteiger partial charge < -0.3 is 20.8 Å². The van der Waals surface area contributed by atoms with Gasteiger partial charge in [-0.1, -0.05) is 6.92 Å². The van der Waals surface area contributed by atoms with Gasteiger partial charge in [0.1, 0.15) is 0 Å². The van der Waals surface area contributed by atoms with Crippen LogP contribution in [0.1, 0.15) is 13.3 Å². The Kier molecular flexibility index (Phi) is 27.7. The molecule has 9 heavy (non-hydrogen) atoms. The normalized spacial score (nSPS) is 7.33. The molecule has 0 bridgehead atoms. The van der Waals surface area contributed by atoms with Crippen LogP contribution in [0.3, 0.4) is 0 Å². The molecule has 4 heteroatoms. The van der Waals surface area contributed by atoms with Crippen molar-refractivity contribution >= 4 is 0 Å². The summed E-state index contributed by atoms with van der Waals surface area (Å²) in [6, 6.07) is 0. The van der Waals surface area contributed by atoms with Gasteiger partial charge in [0.05, 0.1) is 13.2 Å². The number of hydrogen-bond donors (Lipinski definition) is 1. The summed E-state index contributed by atoms with van der Waals surface area (Å²) in [6.45, 7) is 3.42. The van der Waals surface area contributed by atoms with Gasteiger partial charge in [0.15, 0.2) is 0 Å². The molecule has 0 atom stereocenters. The third-order valence-corrected chi connectivity index (χ3v) is 0.584. The van der Waals surface area contributed by atoms with E-state index in [1.54, 1.807) is 0 Å². The molecule has 0 aliphatic carbocycles. The Balaban J connectivity index is -0.000000180. The van der Waals surface area contributed by atoms with Crippen LogP contribution < -0.4 is 0 Å². The van der Waals surface area contributed by atoms with Crippen LogP contribution in [0.4, 0.5) is 0 Å². The molecule has 0 heterocycles. The molecule has 0 aromatic rings. The third-order valence-electron chi connectivity index (χ3n) is 0.584. The highest BCUT2D eigenvalue weighted by molar-refractivity contribution is 4.24. The van der Waals surface area contributed by atoms with Crippen LogP contribution in [-0.2, 0) is 4.74 Å². The van der Waals surface area contributed by atoms with Crippen LogP contribution >= 0.6 is 0 Å². The number of aliphatic hydroxyl groups is 1. The minimum absolute atomic E-state index is 0. The molecule has 0 aromatic heterocycles. The lowest BCUT2D eigenvalue weighted by atomic mass is 10.5. The first-order valence-corrected chi connectivity index (χ1v) is 2.60. The highest BCUT2D eigenvalue weighted by Gasteiger charge is 1.78. The van der Waals surface area contributed by atoms with Crippen LogP contribution in [0.5, 0.6) is 0 Å². The molecule has 0 aliphatic rings. The van der Waals surface area contributed by atoms with Crippen LogP contribution in [-0.4, -0.2) is 35.9 Å². The summed E-state index contributed by atoms with van der Waals surface area (Å²) in [6.07, 6.45) is 1.03. The molecular weight excluding hydrogens is 124 g/mol. The number of ether oxygens (including phenoxy) is 1. The second-order valence-corrected chi connectivity index (χ2v) is 1.34.